The Balaban J connectivity index is 2.01. The van der Waals surface area contributed by atoms with E-state index in [1.807, 2.05) is 0 Å². The lowest BCUT2D eigenvalue weighted by Gasteiger charge is -2.13. The molecule has 0 aliphatic heterocycles. The third-order valence-corrected chi connectivity index (χ3v) is 3.97. The quantitative estimate of drug-likeness (QED) is 0.226. The van der Waals surface area contributed by atoms with Crippen LogP contribution in [0.2, 0.25) is 0 Å². The van der Waals surface area contributed by atoms with Gasteiger partial charge in [0.15, 0.2) is 0 Å². The van der Waals surface area contributed by atoms with Gasteiger partial charge in [-0.1, -0.05) is 0 Å². The molecule has 0 saturated carbocycles. The van der Waals surface area contributed by atoms with Gasteiger partial charge in [0, 0.05) is 12.3 Å². The van der Waals surface area contributed by atoms with Gasteiger partial charge in [0.05, 0.1) is 16.1 Å². The molecule has 2 aromatic carbocycles. The first-order chi connectivity index (χ1) is 15.3. The molecule has 0 fully saturated rings. The zero-order valence-electron chi connectivity index (χ0n) is 15.7. The smallest absolute Gasteiger partial charge is 0.419 e. The van der Waals surface area contributed by atoms with Gasteiger partial charge in [-0.3, -0.25) is 10.1 Å². The second-order valence-corrected chi connectivity index (χ2v) is 6.20. The molecule has 0 unspecified atom stereocenters. The molecule has 174 valence electrons. The van der Waals surface area contributed by atoms with E-state index < -0.39 is 68.9 Å². The molecular formula is C19H8F8N2O4. The van der Waals surface area contributed by atoms with E-state index in [0.29, 0.717) is 12.1 Å². The zero-order valence-corrected chi connectivity index (χ0v) is 15.7. The second kappa shape index (κ2) is 8.52. The fourth-order valence-electron chi connectivity index (χ4n) is 2.55. The number of rotatable bonds is 5. The molecule has 0 spiro atoms. The third kappa shape index (κ3) is 5.27. The van der Waals surface area contributed by atoms with Gasteiger partial charge in [-0.25, -0.2) is 13.8 Å². The fraction of sp³-hybridized carbons (Fsp3) is 0.105. The Morgan fingerprint density at radius 2 is 1.27 bits per heavy atom. The van der Waals surface area contributed by atoms with Crippen LogP contribution in [0.3, 0.4) is 0 Å². The minimum Gasteiger partial charge on any atom is -0.450 e. The Bertz CT molecular complexity index is 1130. The lowest BCUT2D eigenvalue weighted by molar-refractivity contribution is -0.386. The number of alkyl halides is 6. The van der Waals surface area contributed by atoms with E-state index in [-0.39, 0.29) is 12.1 Å². The zero-order chi connectivity index (χ0) is 24.6. The topological polar surface area (TPSA) is 74.5 Å². The van der Waals surface area contributed by atoms with E-state index in [1.165, 1.54) is 0 Å². The van der Waals surface area contributed by atoms with Crippen LogP contribution < -0.4 is 9.47 Å². The molecule has 0 radical (unpaired) electrons. The van der Waals surface area contributed by atoms with E-state index >= 15 is 0 Å². The first-order valence-corrected chi connectivity index (χ1v) is 8.50. The van der Waals surface area contributed by atoms with Gasteiger partial charge < -0.3 is 9.47 Å². The van der Waals surface area contributed by atoms with Crippen molar-refractivity contribution in [1.29, 1.82) is 0 Å². The van der Waals surface area contributed by atoms with E-state index in [1.54, 1.807) is 0 Å². The van der Waals surface area contributed by atoms with Gasteiger partial charge >= 0.3 is 23.9 Å². The Morgan fingerprint density at radius 3 is 1.73 bits per heavy atom. The van der Waals surface area contributed by atoms with Crippen LogP contribution in [-0.2, 0) is 12.4 Å². The Morgan fingerprint density at radius 1 is 0.788 bits per heavy atom. The molecule has 0 aliphatic rings. The van der Waals surface area contributed by atoms with Crippen LogP contribution in [-0.4, -0.2) is 9.91 Å². The van der Waals surface area contributed by atoms with Gasteiger partial charge in [-0.05, 0) is 36.4 Å². The van der Waals surface area contributed by atoms with Crippen LogP contribution in [0.1, 0.15) is 11.1 Å². The van der Waals surface area contributed by atoms with Crippen LogP contribution in [0.25, 0.3) is 0 Å². The molecule has 33 heavy (non-hydrogen) atoms. The fourth-order valence-corrected chi connectivity index (χ4v) is 2.55. The largest absolute Gasteiger partial charge is 0.450 e. The maximum atomic E-state index is 13.4. The maximum Gasteiger partial charge on any atom is 0.419 e. The lowest BCUT2D eigenvalue weighted by Crippen LogP contribution is -2.08. The Labute approximate surface area is 178 Å². The van der Waals surface area contributed by atoms with Gasteiger partial charge in [-0.15, -0.1) is 0 Å². The molecule has 3 rings (SSSR count). The average molecular weight is 480 g/mol. The van der Waals surface area contributed by atoms with Crippen molar-refractivity contribution in [1.82, 2.24) is 4.98 Å². The maximum absolute atomic E-state index is 13.4. The number of aromatic nitrogens is 1. The number of ether oxygens (including phenoxy) is 2. The molecule has 3 aromatic rings. The number of benzene rings is 2. The first kappa shape index (κ1) is 23.7. The summed E-state index contributed by atoms with van der Waals surface area (Å²) in [6.07, 6.45) is -9.31. The van der Waals surface area contributed by atoms with Crippen LogP contribution in [0.4, 0.5) is 40.8 Å². The van der Waals surface area contributed by atoms with Crippen molar-refractivity contribution in [3.05, 3.63) is 81.5 Å². The van der Waals surface area contributed by atoms with Crippen molar-refractivity contribution in [2.45, 2.75) is 12.4 Å². The summed E-state index contributed by atoms with van der Waals surface area (Å²) < 4.78 is 114. The highest BCUT2D eigenvalue weighted by molar-refractivity contribution is 5.56. The minimum absolute atomic E-state index is 0.240. The molecule has 6 nitrogen and oxygen atoms in total. The normalized spacial score (nSPS) is 11.9. The number of nitrogens with zero attached hydrogens (tertiary/aromatic N) is 2. The van der Waals surface area contributed by atoms with E-state index in [9.17, 15) is 45.2 Å². The van der Waals surface area contributed by atoms with Gasteiger partial charge in [0.25, 0.3) is 0 Å². The molecular weight excluding hydrogens is 472 g/mol. The number of hydrogen-bond donors (Lipinski definition) is 0. The van der Waals surface area contributed by atoms with Gasteiger partial charge in [-0.2, -0.15) is 26.3 Å². The number of pyridine rings is 1. The average Bonchev–Trinajstić information content (AvgIpc) is 2.69. The van der Waals surface area contributed by atoms with Gasteiger partial charge in [0.2, 0.25) is 5.75 Å². The number of nitro groups is 1. The van der Waals surface area contributed by atoms with E-state index in [2.05, 4.69) is 4.98 Å². The Hall–Kier alpha value is -3.97. The van der Waals surface area contributed by atoms with E-state index in [4.69, 9.17) is 9.47 Å². The molecule has 1 heterocycles. The molecule has 14 heteroatoms. The minimum atomic E-state index is -5.09. The highest BCUT2D eigenvalue weighted by atomic mass is 19.4. The summed E-state index contributed by atoms with van der Waals surface area (Å²) in [5.41, 5.74) is -4.46. The SMILES string of the molecule is O=[N+]([O-])c1c(Oc2ccc(F)c(C(F)(F)F)c2)ccnc1Oc1ccc(F)c(C(F)(F)F)c1. The summed E-state index contributed by atoms with van der Waals surface area (Å²) in [7, 11) is 0. The second-order valence-electron chi connectivity index (χ2n) is 6.20. The third-order valence-electron chi connectivity index (χ3n) is 3.97. The number of halogens is 8. The van der Waals surface area contributed by atoms with Crippen molar-refractivity contribution in [2.24, 2.45) is 0 Å². The summed E-state index contributed by atoms with van der Waals surface area (Å²) in [6.45, 7) is 0. The van der Waals surface area contributed by atoms with Crippen molar-refractivity contribution in [2.75, 3.05) is 0 Å². The summed E-state index contributed by atoms with van der Waals surface area (Å²) in [5, 5.41) is 11.5. The van der Waals surface area contributed by atoms with Crippen molar-refractivity contribution in [3.8, 4) is 23.1 Å². The molecule has 1 aromatic heterocycles. The number of hydrogen-bond acceptors (Lipinski definition) is 5. The molecule has 0 atom stereocenters. The van der Waals surface area contributed by atoms with Crippen LogP contribution in [0.5, 0.6) is 23.1 Å². The van der Waals surface area contributed by atoms with Crippen LogP contribution in [0.15, 0.2) is 48.7 Å². The van der Waals surface area contributed by atoms with Crippen molar-refractivity contribution in [3.63, 3.8) is 0 Å². The standard InChI is InChI=1S/C19H8F8N2O4/c20-13-3-1-9(7-11(13)18(22,23)24)32-15-5-6-28-17(16(15)29(30)31)33-10-2-4-14(21)12(8-10)19(25,26)27/h1-8H. The van der Waals surface area contributed by atoms with E-state index in [0.717, 1.165) is 24.4 Å². The van der Waals surface area contributed by atoms with Crippen molar-refractivity contribution >= 4 is 5.69 Å². The van der Waals surface area contributed by atoms with Crippen molar-refractivity contribution < 1.29 is 49.5 Å². The summed E-state index contributed by atoms with van der Waals surface area (Å²) in [4.78, 5) is 13.9. The molecule has 0 bridgehead atoms. The van der Waals surface area contributed by atoms with Crippen LogP contribution in [0, 0.1) is 21.7 Å². The molecule has 0 saturated heterocycles. The van der Waals surface area contributed by atoms with Gasteiger partial charge in [0.1, 0.15) is 23.1 Å². The highest BCUT2D eigenvalue weighted by Gasteiger charge is 2.36. The molecule has 0 aliphatic carbocycles. The predicted molar refractivity (Wildman–Crippen MR) is 93.8 cm³/mol. The molecule has 0 N–H and O–H groups in total. The summed E-state index contributed by atoms with van der Waals surface area (Å²) >= 11 is 0. The summed E-state index contributed by atoms with van der Waals surface area (Å²) in [5.74, 6) is -6.13. The first-order valence-electron chi connectivity index (χ1n) is 8.50. The predicted octanol–water partition coefficient (Wildman–Crippen LogP) is 6.89. The molecule has 0 amide bonds. The monoisotopic (exact) mass is 480 g/mol. The summed E-state index contributed by atoms with van der Waals surface area (Å²) in [6, 6.07) is 3.73. The van der Waals surface area contributed by atoms with Crippen LogP contribution >= 0.6 is 0 Å². The lowest BCUT2D eigenvalue weighted by atomic mass is 10.2. The Kier molecular flexibility index (Phi) is 6.12. The highest BCUT2D eigenvalue weighted by Crippen LogP contribution is 2.42.